The lowest BCUT2D eigenvalue weighted by Gasteiger charge is -2.28. The summed E-state index contributed by atoms with van der Waals surface area (Å²) in [6, 6.07) is 9.32. The number of hydrogen-bond acceptors (Lipinski definition) is 5. The molecule has 11 heteroatoms. The molecule has 2 aromatic carbocycles. The Morgan fingerprint density at radius 1 is 1.03 bits per heavy atom. The Morgan fingerprint density at radius 3 is 2.19 bits per heavy atom. The van der Waals surface area contributed by atoms with Gasteiger partial charge in [0.25, 0.3) is 5.91 Å². The van der Waals surface area contributed by atoms with Gasteiger partial charge in [-0.2, -0.15) is 0 Å². The van der Waals surface area contributed by atoms with Crippen LogP contribution >= 0.6 is 50.7 Å². The van der Waals surface area contributed by atoms with Gasteiger partial charge in [0.05, 0.1) is 38.9 Å². The highest BCUT2D eigenvalue weighted by Gasteiger charge is 2.66. The monoisotopic (exact) mass is 612 g/mol. The molecule has 36 heavy (non-hydrogen) atoms. The van der Waals surface area contributed by atoms with Crippen LogP contribution in [0.3, 0.4) is 0 Å². The molecule has 0 aromatic heterocycles. The van der Waals surface area contributed by atoms with Crippen LogP contribution in [0.5, 0.6) is 0 Å². The van der Waals surface area contributed by atoms with E-state index < -0.39 is 30.3 Å². The van der Waals surface area contributed by atoms with Crippen LogP contribution in [-0.4, -0.2) is 41.1 Å². The van der Waals surface area contributed by atoms with E-state index in [0.717, 1.165) is 0 Å². The number of imide groups is 1. The van der Waals surface area contributed by atoms with Crippen LogP contribution in [0.2, 0.25) is 5.02 Å². The Hall–Kier alpha value is -2.13. The van der Waals surface area contributed by atoms with Crippen molar-refractivity contribution in [2.45, 2.75) is 24.1 Å². The molecule has 3 fully saturated rings. The van der Waals surface area contributed by atoms with Gasteiger partial charge in [-0.1, -0.05) is 11.6 Å². The van der Waals surface area contributed by atoms with Crippen LogP contribution in [-0.2, 0) is 19.1 Å². The third-order valence-electron chi connectivity index (χ3n) is 7.30. The SMILES string of the molecule is Cc1c(NC(=O)COC(=O)c2ccc(N3C(=O)[C@@H]4[C@H]5C[C@@H]([C@H](Cl)[C@H]5Cl)[C@H]4C3=O)cc2)ccc(Br)c1Cl. The summed E-state index contributed by atoms with van der Waals surface area (Å²) in [5.74, 6) is -2.91. The average Bonchev–Trinajstić information content (AvgIpc) is 3.48. The first kappa shape index (κ1) is 25.5. The predicted octanol–water partition coefficient (Wildman–Crippen LogP) is 5.18. The van der Waals surface area contributed by atoms with Crippen LogP contribution in [0, 0.1) is 30.6 Å². The second kappa shape index (κ2) is 9.63. The van der Waals surface area contributed by atoms with Gasteiger partial charge in [-0.3, -0.25) is 19.3 Å². The van der Waals surface area contributed by atoms with Crippen LogP contribution in [0.25, 0.3) is 0 Å². The van der Waals surface area contributed by atoms with Gasteiger partial charge >= 0.3 is 5.97 Å². The summed E-state index contributed by atoms with van der Waals surface area (Å²) < 4.78 is 5.82. The number of fused-ring (bicyclic) bond motifs is 5. The topological polar surface area (TPSA) is 92.8 Å². The molecule has 7 nitrogen and oxygen atoms in total. The standard InChI is InChI=1S/C25H20BrCl3N2O5/c1-10-16(7-6-15(26)20(10)27)30-17(32)9-36-25(35)11-2-4-12(5-3-11)31-23(33)18-13-8-14(19(18)24(31)34)22(29)21(13)28/h2-7,13-14,18-19,21-22H,8-9H2,1H3,(H,30,32)/t13-,14-,18-,19-,21+,22+/m1/s1. The van der Waals surface area contributed by atoms with Gasteiger partial charge in [0.1, 0.15) is 0 Å². The summed E-state index contributed by atoms with van der Waals surface area (Å²) in [6.45, 7) is 1.26. The van der Waals surface area contributed by atoms with Crippen LogP contribution in [0.15, 0.2) is 40.9 Å². The van der Waals surface area contributed by atoms with E-state index in [1.807, 2.05) is 0 Å². The number of anilines is 2. The Balaban J connectivity index is 1.21. The zero-order valence-electron chi connectivity index (χ0n) is 18.8. The Morgan fingerprint density at radius 2 is 1.61 bits per heavy atom. The van der Waals surface area contributed by atoms with E-state index in [0.29, 0.717) is 32.9 Å². The van der Waals surface area contributed by atoms with Gasteiger partial charge in [-0.05, 0) is 83.1 Å². The van der Waals surface area contributed by atoms with Crippen LogP contribution in [0.4, 0.5) is 11.4 Å². The molecule has 1 N–H and O–H groups in total. The lowest BCUT2D eigenvalue weighted by molar-refractivity contribution is -0.123. The molecule has 0 spiro atoms. The van der Waals surface area contributed by atoms with E-state index in [4.69, 9.17) is 39.5 Å². The molecule has 2 saturated carbocycles. The molecule has 1 saturated heterocycles. The quantitative estimate of drug-likeness (QED) is 0.285. The number of ether oxygens (including phenoxy) is 1. The van der Waals surface area contributed by atoms with E-state index in [1.54, 1.807) is 19.1 Å². The molecule has 2 aromatic rings. The maximum Gasteiger partial charge on any atom is 0.338 e. The van der Waals surface area contributed by atoms with E-state index in [-0.39, 0.29) is 40.0 Å². The fraction of sp³-hybridized carbons (Fsp3) is 0.360. The highest BCUT2D eigenvalue weighted by atomic mass is 79.9. The molecule has 2 aliphatic carbocycles. The van der Waals surface area contributed by atoms with Gasteiger partial charge in [0, 0.05) is 10.2 Å². The summed E-state index contributed by atoms with van der Waals surface area (Å²) >= 11 is 22.3. The summed E-state index contributed by atoms with van der Waals surface area (Å²) in [7, 11) is 0. The van der Waals surface area contributed by atoms with Crippen molar-refractivity contribution >= 4 is 85.8 Å². The summed E-state index contributed by atoms with van der Waals surface area (Å²) in [6.07, 6.45) is 0.690. The molecule has 2 bridgehead atoms. The normalized spacial score (nSPS) is 28.4. The largest absolute Gasteiger partial charge is 0.452 e. The molecular formula is C25H20BrCl3N2O5. The second-order valence-corrected chi connectivity index (χ2v) is 11.5. The maximum absolute atomic E-state index is 13.1. The predicted molar refractivity (Wildman–Crippen MR) is 140 cm³/mol. The first-order valence-electron chi connectivity index (χ1n) is 11.3. The number of hydrogen-bond donors (Lipinski definition) is 1. The third kappa shape index (κ3) is 4.12. The van der Waals surface area contributed by atoms with Crippen LogP contribution < -0.4 is 10.2 Å². The Bertz CT molecular complexity index is 1260. The molecule has 3 aliphatic rings. The molecule has 1 heterocycles. The molecule has 188 valence electrons. The minimum atomic E-state index is -0.716. The number of rotatable bonds is 5. The number of carbonyl (C=O) groups excluding carboxylic acids is 4. The number of esters is 1. The number of nitrogens with one attached hydrogen (secondary N) is 1. The summed E-state index contributed by atoms with van der Waals surface area (Å²) in [5, 5.41) is 2.48. The average molecular weight is 615 g/mol. The number of alkyl halides is 2. The third-order valence-corrected chi connectivity index (χ3v) is 9.99. The number of nitrogens with zero attached hydrogens (tertiary/aromatic N) is 1. The fourth-order valence-corrected chi connectivity index (χ4v) is 7.03. The molecule has 1 aliphatic heterocycles. The van der Waals surface area contributed by atoms with Crippen molar-refractivity contribution in [2.24, 2.45) is 23.7 Å². The summed E-state index contributed by atoms with van der Waals surface area (Å²) in [4.78, 5) is 52.1. The van der Waals surface area contributed by atoms with Gasteiger partial charge < -0.3 is 10.1 Å². The Labute approximate surface area is 230 Å². The zero-order valence-corrected chi connectivity index (χ0v) is 22.7. The minimum Gasteiger partial charge on any atom is -0.452 e. The van der Waals surface area contributed by atoms with Gasteiger partial charge in [0.15, 0.2) is 6.61 Å². The lowest BCUT2D eigenvalue weighted by Crippen LogP contribution is -2.37. The first-order chi connectivity index (χ1) is 17.1. The van der Waals surface area contributed by atoms with E-state index in [1.165, 1.54) is 29.2 Å². The minimum absolute atomic E-state index is 0.108. The number of carbonyl (C=O) groups is 4. The van der Waals surface area contributed by atoms with Crippen molar-refractivity contribution in [3.05, 3.63) is 57.0 Å². The van der Waals surface area contributed by atoms with Gasteiger partial charge in [0.2, 0.25) is 11.8 Å². The van der Waals surface area contributed by atoms with Crippen molar-refractivity contribution in [1.82, 2.24) is 0 Å². The van der Waals surface area contributed by atoms with Crippen molar-refractivity contribution in [2.75, 3.05) is 16.8 Å². The van der Waals surface area contributed by atoms with E-state index in [2.05, 4.69) is 21.2 Å². The molecule has 3 amide bonds. The fourth-order valence-electron chi connectivity index (χ4n) is 5.54. The molecule has 0 unspecified atom stereocenters. The highest BCUT2D eigenvalue weighted by Crippen LogP contribution is 2.59. The lowest BCUT2D eigenvalue weighted by atomic mass is 9.80. The van der Waals surface area contributed by atoms with Gasteiger partial charge in [-0.15, -0.1) is 23.2 Å². The maximum atomic E-state index is 13.1. The summed E-state index contributed by atoms with van der Waals surface area (Å²) in [5.41, 5.74) is 1.73. The van der Waals surface area contributed by atoms with Crippen molar-refractivity contribution < 1.29 is 23.9 Å². The molecule has 0 radical (unpaired) electrons. The van der Waals surface area contributed by atoms with Crippen LogP contribution in [0.1, 0.15) is 22.3 Å². The molecular weight excluding hydrogens is 595 g/mol. The molecule has 6 atom stereocenters. The van der Waals surface area contributed by atoms with Crippen molar-refractivity contribution in [1.29, 1.82) is 0 Å². The van der Waals surface area contributed by atoms with E-state index >= 15 is 0 Å². The van der Waals surface area contributed by atoms with E-state index in [9.17, 15) is 19.2 Å². The second-order valence-electron chi connectivity index (χ2n) is 9.22. The number of halogens is 4. The Kier molecular flexibility index (Phi) is 6.83. The highest BCUT2D eigenvalue weighted by molar-refractivity contribution is 9.10. The van der Waals surface area contributed by atoms with Gasteiger partial charge in [-0.25, -0.2) is 4.79 Å². The number of benzene rings is 2. The smallest absolute Gasteiger partial charge is 0.338 e. The van der Waals surface area contributed by atoms with Crippen molar-refractivity contribution in [3.8, 4) is 0 Å². The molecule has 5 rings (SSSR count). The first-order valence-corrected chi connectivity index (χ1v) is 13.3. The zero-order chi connectivity index (χ0) is 25.9. The number of amides is 3. The van der Waals surface area contributed by atoms with Crippen molar-refractivity contribution in [3.63, 3.8) is 0 Å².